The van der Waals surface area contributed by atoms with Gasteiger partial charge in [0.1, 0.15) is 0 Å². The van der Waals surface area contributed by atoms with Crippen molar-refractivity contribution in [3.8, 4) is 0 Å². The number of benzene rings is 2. The molecule has 0 heterocycles. The van der Waals surface area contributed by atoms with E-state index in [1.54, 1.807) is 0 Å². The zero-order chi connectivity index (χ0) is 17.4. The summed E-state index contributed by atoms with van der Waals surface area (Å²) in [6.45, 7) is 5.05. The zero-order valence-corrected chi connectivity index (χ0v) is 14.7. The molecule has 128 valence electrons. The van der Waals surface area contributed by atoms with Crippen LogP contribution in [0.15, 0.2) is 54.6 Å². The normalized spacial score (nSPS) is 11.2. The van der Waals surface area contributed by atoms with Crippen molar-refractivity contribution in [3.05, 3.63) is 65.7 Å². The molecule has 2 aromatic carbocycles. The van der Waals surface area contributed by atoms with Crippen LogP contribution in [0.5, 0.6) is 0 Å². The molecule has 0 aliphatic heterocycles. The van der Waals surface area contributed by atoms with Gasteiger partial charge in [0.25, 0.3) is 0 Å². The summed E-state index contributed by atoms with van der Waals surface area (Å²) in [7, 11) is 0. The van der Waals surface area contributed by atoms with E-state index in [2.05, 4.69) is 43.4 Å². The predicted octanol–water partition coefficient (Wildman–Crippen LogP) is 4.08. The molecule has 3 heteroatoms. The molecule has 0 radical (unpaired) electrons. The minimum Gasteiger partial charge on any atom is -0.399 e. The quantitative estimate of drug-likeness (QED) is 0.719. The maximum atomic E-state index is 12.3. The standard InChI is InChI=1S/C21H28N2O/c1-3-21(4-2,18-11-6-5-7-12-18)16-23-20(24)15-14-17-10-8-9-13-19(17)22/h5-13H,3-4,14-16,22H2,1-2H3,(H,23,24). The number of anilines is 1. The summed E-state index contributed by atoms with van der Waals surface area (Å²) in [6.07, 6.45) is 3.14. The number of nitrogen functional groups attached to an aromatic ring is 1. The Labute approximate surface area is 145 Å². The second kappa shape index (κ2) is 8.53. The van der Waals surface area contributed by atoms with Gasteiger partial charge in [0.15, 0.2) is 0 Å². The highest BCUT2D eigenvalue weighted by Gasteiger charge is 2.28. The van der Waals surface area contributed by atoms with E-state index in [4.69, 9.17) is 5.73 Å². The molecule has 0 unspecified atom stereocenters. The average Bonchev–Trinajstić information content (AvgIpc) is 2.63. The molecule has 0 atom stereocenters. The van der Waals surface area contributed by atoms with Crippen molar-refractivity contribution in [2.75, 3.05) is 12.3 Å². The molecule has 2 aromatic rings. The third kappa shape index (κ3) is 4.38. The van der Waals surface area contributed by atoms with Gasteiger partial charge in [0, 0.05) is 24.1 Å². The van der Waals surface area contributed by atoms with Crippen LogP contribution in [-0.4, -0.2) is 12.5 Å². The van der Waals surface area contributed by atoms with Crippen molar-refractivity contribution in [3.63, 3.8) is 0 Å². The maximum absolute atomic E-state index is 12.3. The summed E-state index contributed by atoms with van der Waals surface area (Å²) in [5.41, 5.74) is 9.02. The summed E-state index contributed by atoms with van der Waals surface area (Å²) < 4.78 is 0. The van der Waals surface area contributed by atoms with E-state index in [1.165, 1.54) is 5.56 Å². The Balaban J connectivity index is 1.95. The Morgan fingerprint density at radius 1 is 1.00 bits per heavy atom. The molecule has 24 heavy (non-hydrogen) atoms. The van der Waals surface area contributed by atoms with Crippen LogP contribution in [0.3, 0.4) is 0 Å². The number of nitrogens with one attached hydrogen (secondary N) is 1. The topological polar surface area (TPSA) is 55.1 Å². The largest absolute Gasteiger partial charge is 0.399 e. The van der Waals surface area contributed by atoms with Gasteiger partial charge in [-0.25, -0.2) is 0 Å². The van der Waals surface area contributed by atoms with Gasteiger partial charge in [-0.2, -0.15) is 0 Å². The molecule has 0 saturated carbocycles. The van der Waals surface area contributed by atoms with Crippen LogP contribution in [0, 0.1) is 0 Å². The summed E-state index contributed by atoms with van der Waals surface area (Å²) in [4.78, 5) is 12.3. The van der Waals surface area contributed by atoms with Crippen LogP contribution in [0.1, 0.15) is 44.2 Å². The van der Waals surface area contributed by atoms with Gasteiger partial charge in [-0.3, -0.25) is 4.79 Å². The zero-order valence-electron chi connectivity index (χ0n) is 14.7. The van der Waals surface area contributed by atoms with E-state index in [9.17, 15) is 4.79 Å². The fraction of sp³-hybridized carbons (Fsp3) is 0.381. The van der Waals surface area contributed by atoms with Crippen LogP contribution in [0.25, 0.3) is 0 Å². The second-order valence-corrected chi connectivity index (χ2v) is 6.33. The summed E-state index contributed by atoms with van der Waals surface area (Å²) in [5.74, 6) is 0.0838. The first-order valence-electron chi connectivity index (χ1n) is 8.77. The Kier molecular flexibility index (Phi) is 6.42. The minimum absolute atomic E-state index is 0.00267. The minimum atomic E-state index is 0.00267. The number of amides is 1. The van der Waals surface area contributed by atoms with E-state index in [0.717, 1.165) is 24.1 Å². The summed E-state index contributed by atoms with van der Waals surface area (Å²) in [5, 5.41) is 3.13. The number of nitrogens with two attached hydrogens (primary N) is 1. The number of para-hydroxylation sites is 1. The molecule has 0 fully saturated rings. The Bertz CT molecular complexity index is 648. The number of carbonyl (C=O) groups excluding carboxylic acids is 1. The van der Waals surface area contributed by atoms with Gasteiger partial charge in [-0.05, 0) is 36.5 Å². The highest BCUT2D eigenvalue weighted by molar-refractivity contribution is 5.76. The molecule has 3 N–H and O–H groups in total. The fourth-order valence-electron chi connectivity index (χ4n) is 3.17. The molecule has 0 aliphatic rings. The van der Waals surface area contributed by atoms with Crippen LogP contribution in [0.2, 0.25) is 0 Å². The first-order valence-corrected chi connectivity index (χ1v) is 8.77. The monoisotopic (exact) mass is 324 g/mol. The molecule has 0 bridgehead atoms. The Morgan fingerprint density at radius 3 is 2.25 bits per heavy atom. The SMILES string of the molecule is CCC(CC)(CNC(=O)CCc1ccccc1N)c1ccccc1. The number of carbonyl (C=O) groups is 1. The van der Waals surface area contributed by atoms with Crippen molar-refractivity contribution >= 4 is 11.6 Å². The lowest BCUT2D eigenvalue weighted by molar-refractivity contribution is -0.121. The van der Waals surface area contributed by atoms with Crippen molar-refractivity contribution in [2.24, 2.45) is 0 Å². The van der Waals surface area contributed by atoms with Crippen molar-refractivity contribution in [2.45, 2.75) is 44.9 Å². The number of rotatable bonds is 8. The van der Waals surface area contributed by atoms with E-state index in [-0.39, 0.29) is 11.3 Å². The lowest BCUT2D eigenvalue weighted by Crippen LogP contribution is -2.40. The molecule has 0 saturated heterocycles. The first kappa shape index (κ1) is 18.1. The van der Waals surface area contributed by atoms with Crippen LogP contribution < -0.4 is 11.1 Å². The van der Waals surface area contributed by atoms with Gasteiger partial charge in [-0.15, -0.1) is 0 Å². The number of aryl methyl sites for hydroxylation is 1. The van der Waals surface area contributed by atoms with Crippen LogP contribution in [0.4, 0.5) is 5.69 Å². The predicted molar refractivity (Wildman–Crippen MR) is 101 cm³/mol. The van der Waals surface area contributed by atoms with Gasteiger partial charge in [0.05, 0.1) is 0 Å². The van der Waals surface area contributed by atoms with Gasteiger partial charge in [-0.1, -0.05) is 62.4 Å². The van der Waals surface area contributed by atoms with E-state index in [0.29, 0.717) is 19.4 Å². The van der Waals surface area contributed by atoms with Gasteiger partial charge >= 0.3 is 0 Å². The third-order valence-electron chi connectivity index (χ3n) is 5.04. The smallest absolute Gasteiger partial charge is 0.220 e. The number of hydrogen-bond acceptors (Lipinski definition) is 2. The lowest BCUT2D eigenvalue weighted by Gasteiger charge is -2.32. The summed E-state index contributed by atoms with van der Waals surface area (Å²) >= 11 is 0. The van der Waals surface area contributed by atoms with Crippen molar-refractivity contribution in [1.82, 2.24) is 5.32 Å². The fourth-order valence-corrected chi connectivity index (χ4v) is 3.17. The van der Waals surface area contributed by atoms with E-state index in [1.807, 2.05) is 30.3 Å². The van der Waals surface area contributed by atoms with Crippen LogP contribution >= 0.6 is 0 Å². The Hall–Kier alpha value is -2.29. The van der Waals surface area contributed by atoms with Gasteiger partial charge < -0.3 is 11.1 Å². The molecular formula is C21H28N2O. The molecule has 0 spiro atoms. The Morgan fingerprint density at radius 2 is 1.62 bits per heavy atom. The molecule has 2 rings (SSSR count). The average molecular weight is 324 g/mol. The lowest BCUT2D eigenvalue weighted by atomic mass is 9.76. The van der Waals surface area contributed by atoms with E-state index < -0.39 is 0 Å². The van der Waals surface area contributed by atoms with E-state index >= 15 is 0 Å². The third-order valence-corrected chi connectivity index (χ3v) is 5.04. The highest BCUT2D eigenvalue weighted by Crippen LogP contribution is 2.30. The highest BCUT2D eigenvalue weighted by atomic mass is 16.1. The maximum Gasteiger partial charge on any atom is 0.220 e. The molecule has 0 aromatic heterocycles. The van der Waals surface area contributed by atoms with Crippen molar-refractivity contribution < 1.29 is 4.79 Å². The molecule has 1 amide bonds. The number of hydrogen-bond donors (Lipinski definition) is 2. The van der Waals surface area contributed by atoms with Gasteiger partial charge in [0.2, 0.25) is 5.91 Å². The van der Waals surface area contributed by atoms with Crippen molar-refractivity contribution in [1.29, 1.82) is 0 Å². The van der Waals surface area contributed by atoms with Crippen LogP contribution in [-0.2, 0) is 16.6 Å². The summed E-state index contributed by atoms with van der Waals surface area (Å²) in [6, 6.07) is 18.2. The second-order valence-electron chi connectivity index (χ2n) is 6.33. The first-order chi connectivity index (χ1) is 11.6. The molecular weight excluding hydrogens is 296 g/mol. The molecule has 3 nitrogen and oxygen atoms in total. The molecule has 0 aliphatic carbocycles.